The van der Waals surface area contributed by atoms with Gasteiger partial charge in [-0.05, 0) is 42.0 Å². The zero-order chi connectivity index (χ0) is 24.0. The van der Waals surface area contributed by atoms with E-state index in [9.17, 15) is 18.5 Å². The molecule has 33 heavy (non-hydrogen) atoms. The molecule has 0 unspecified atom stereocenters. The lowest BCUT2D eigenvalue weighted by molar-refractivity contribution is -0.385. The summed E-state index contributed by atoms with van der Waals surface area (Å²) in [7, 11) is -1.24. The summed E-state index contributed by atoms with van der Waals surface area (Å²) >= 11 is 6.04. The maximum Gasteiger partial charge on any atom is 0.270 e. The Hall–Kier alpha value is -3.83. The fourth-order valence-electron chi connectivity index (χ4n) is 2.79. The number of hydrazone groups is 1. The first-order chi connectivity index (χ1) is 15.7. The highest BCUT2D eigenvalue weighted by Crippen LogP contribution is 2.31. The molecule has 0 bridgehead atoms. The van der Waals surface area contributed by atoms with Crippen molar-refractivity contribution < 1.29 is 22.8 Å². The molecule has 0 atom stereocenters. The van der Waals surface area contributed by atoms with Gasteiger partial charge in [0.1, 0.15) is 4.90 Å². The van der Waals surface area contributed by atoms with Crippen molar-refractivity contribution in [3.63, 3.8) is 0 Å². The van der Waals surface area contributed by atoms with Crippen LogP contribution in [0.5, 0.6) is 11.5 Å². The minimum atomic E-state index is -4.25. The van der Waals surface area contributed by atoms with Gasteiger partial charge in [0, 0.05) is 12.1 Å². The number of para-hydroxylation sites is 1. The van der Waals surface area contributed by atoms with Gasteiger partial charge in [-0.15, -0.1) is 0 Å². The number of nitro benzene ring substituents is 1. The van der Waals surface area contributed by atoms with Crippen LogP contribution < -0.4 is 19.6 Å². The van der Waals surface area contributed by atoms with Crippen LogP contribution in [0.25, 0.3) is 0 Å². The zero-order valence-corrected chi connectivity index (χ0v) is 19.1. The van der Waals surface area contributed by atoms with Crippen LogP contribution >= 0.6 is 11.6 Å². The molecule has 12 heteroatoms. The number of ether oxygens (including phenoxy) is 2. The molecule has 10 nitrogen and oxygen atoms in total. The fourth-order valence-corrected chi connectivity index (χ4v) is 4.29. The molecule has 0 radical (unpaired) electrons. The standard InChI is InChI=1S/C21H19ClN4O6S/c1-31-19-10-7-14(11-20(19)32-2)13-23-24-18-9-8-15(26(27)28)12-21(18)33(29,30)25-17-6-4-3-5-16(17)22/h3-13,24-25H,1-2H3/b23-13+. The summed E-state index contributed by atoms with van der Waals surface area (Å²) in [5.74, 6) is 1.03. The number of nitrogens with zero attached hydrogens (tertiary/aromatic N) is 2. The highest BCUT2D eigenvalue weighted by atomic mass is 35.5. The van der Waals surface area contributed by atoms with Crippen molar-refractivity contribution in [2.24, 2.45) is 5.10 Å². The van der Waals surface area contributed by atoms with E-state index in [-0.39, 0.29) is 21.3 Å². The molecule has 0 heterocycles. The predicted molar refractivity (Wildman–Crippen MR) is 126 cm³/mol. The normalized spacial score (nSPS) is 11.2. The summed E-state index contributed by atoms with van der Waals surface area (Å²) in [6.07, 6.45) is 1.43. The second-order valence-electron chi connectivity index (χ2n) is 6.51. The van der Waals surface area contributed by atoms with E-state index in [1.165, 1.54) is 44.7 Å². The molecule has 3 aromatic carbocycles. The first-order valence-electron chi connectivity index (χ1n) is 9.32. The fraction of sp³-hybridized carbons (Fsp3) is 0.0952. The number of nitrogens with one attached hydrogen (secondary N) is 2. The van der Waals surface area contributed by atoms with E-state index in [0.29, 0.717) is 17.1 Å². The van der Waals surface area contributed by atoms with Crippen molar-refractivity contribution in [3.05, 3.63) is 81.4 Å². The van der Waals surface area contributed by atoms with E-state index in [1.54, 1.807) is 30.3 Å². The summed E-state index contributed by atoms with van der Waals surface area (Å²) in [4.78, 5) is 10.1. The van der Waals surface area contributed by atoms with Crippen molar-refractivity contribution in [1.29, 1.82) is 0 Å². The number of nitro groups is 1. The van der Waals surface area contributed by atoms with Crippen molar-refractivity contribution in [1.82, 2.24) is 0 Å². The summed E-state index contributed by atoms with van der Waals surface area (Å²) in [6.45, 7) is 0. The Kier molecular flexibility index (Phi) is 7.36. The number of anilines is 2. The Morgan fingerprint density at radius 3 is 2.39 bits per heavy atom. The average molecular weight is 491 g/mol. The van der Waals surface area contributed by atoms with Crippen LogP contribution in [0.2, 0.25) is 5.02 Å². The van der Waals surface area contributed by atoms with Gasteiger partial charge in [-0.25, -0.2) is 8.42 Å². The summed E-state index contributed by atoms with van der Waals surface area (Å²) in [5, 5.41) is 15.4. The molecule has 0 spiro atoms. The lowest BCUT2D eigenvalue weighted by atomic mass is 10.2. The second kappa shape index (κ2) is 10.2. The molecule has 0 aliphatic heterocycles. The smallest absolute Gasteiger partial charge is 0.270 e. The first-order valence-corrected chi connectivity index (χ1v) is 11.2. The summed E-state index contributed by atoms with van der Waals surface area (Å²) < 4.78 is 38.8. The third-order valence-electron chi connectivity index (χ3n) is 4.39. The molecule has 0 aromatic heterocycles. The first kappa shape index (κ1) is 23.8. The van der Waals surface area contributed by atoms with Gasteiger partial charge in [-0.2, -0.15) is 5.10 Å². The number of hydrogen-bond donors (Lipinski definition) is 2. The van der Waals surface area contributed by atoms with E-state index >= 15 is 0 Å². The molecule has 0 amide bonds. The van der Waals surface area contributed by atoms with Gasteiger partial charge < -0.3 is 9.47 Å². The van der Waals surface area contributed by atoms with Gasteiger partial charge in [0.25, 0.3) is 15.7 Å². The molecular formula is C21H19ClN4O6S. The molecule has 2 N–H and O–H groups in total. The molecule has 0 fully saturated rings. The minimum Gasteiger partial charge on any atom is -0.493 e. The third kappa shape index (κ3) is 5.70. The number of rotatable bonds is 9. The quantitative estimate of drug-likeness (QED) is 0.256. The molecule has 172 valence electrons. The van der Waals surface area contributed by atoms with Crippen LogP contribution in [0, 0.1) is 10.1 Å². The molecule has 0 saturated heterocycles. The Morgan fingerprint density at radius 1 is 1.00 bits per heavy atom. The number of methoxy groups -OCH3 is 2. The number of sulfonamides is 1. The van der Waals surface area contributed by atoms with Crippen LogP contribution in [-0.2, 0) is 10.0 Å². The van der Waals surface area contributed by atoms with Crippen molar-refractivity contribution in [3.8, 4) is 11.5 Å². The number of non-ortho nitro benzene ring substituents is 1. The molecular weight excluding hydrogens is 472 g/mol. The average Bonchev–Trinajstić information content (AvgIpc) is 2.80. The zero-order valence-electron chi connectivity index (χ0n) is 17.5. The second-order valence-corrected chi connectivity index (χ2v) is 8.57. The maximum atomic E-state index is 13.0. The monoisotopic (exact) mass is 490 g/mol. The number of halogens is 1. The SMILES string of the molecule is COc1ccc(/C=N/Nc2ccc([N+](=O)[O-])cc2S(=O)(=O)Nc2ccccc2Cl)cc1OC. The van der Waals surface area contributed by atoms with E-state index in [2.05, 4.69) is 15.2 Å². The minimum absolute atomic E-state index is 0.0249. The predicted octanol–water partition coefficient (Wildman–Crippen LogP) is 4.51. The lowest BCUT2D eigenvalue weighted by Crippen LogP contribution is -2.15. The van der Waals surface area contributed by atoms with E-state index in [1.807, 2.05) is 0 Å². The highest BCUT2D eigenvalue weighted by Gasteiger charge is 2.23. The summed E-state index contributed by atoms with van der Waals surface area (Å²) in [5.41, 5.74) is 3.02. The van der Waals surface area contributed by atoms with E-state index < -0.39 is 20.6 Å². The van der Waals surface area contributed by atoms with E-state index in [4.69, 9.17) is 21.1 Å². The van der Waals surface area contributed by atoms with Crippen LogP contribution in [0.1, 0.15) is 5.56 Å². The van der Waals surface area contributed by atoms with Crippen LogP contribution in [0.15, 0.2) is 70.7 Å². The summed E-state index contributed by atoms with van der Waals surface area (Å²) in [6, 6.07) is 14.7. The molecule has 0 aliphatic carbocycles. The largest absolute Gasteiger partial charge is 0.493 e. The molecule has 0 saturated carbocycles. The molecule has 0 aliphatic rings. The Labute approximate surface area is 195 Å². The van der Waals surface area contributed by atoms with Gasteiger partial charge in [-0.1, -0.05) is 23.7 Å². The van der Waals surface area contributed by atoms with Gasteiger partial charge in [0.05, 0.1) is 41.8 Å². The van der Waals surface area contributed by atoms with Crippen molar-refractivity contribution in [2.45, 2.75) is 4.90 Å². The Morgan fingerprint density at radius 2 is 1.73 bits per heavy atom. The van der Waals surface area contributed by atoms with E-state index in [0.717, 1.165) is 6.07 Å². The topological polar surface area (TPSA) is 132 Å². The maximum absolute atomic E-state index is 13.0. The van der Waals surface area contributed by atoms with Gasteiger partial charge in [0.15, 0.2) is 11.5 Å². The van der Waals surface area contributed by atoms with Crippen molar-refractivity contribution >= 4 is 44.9 Å². The third-order valence-corrected chi connectivity index (χ3v) is 6.12. The number of benzene rings is 3. The lowest BCUT2D eigenvalue weighted by Gasteiger charge is -2.13. The van der Waals surface area contributed by atoms with Gasteiger partial charge in [-0.3, -0.25) is 20.3 Å². The van der Waals surface area contributed by atoms with Crippen LogP contribution in [0.4, 0.5) is 17.1 Å². The number of hydrogen-bond acceptors (Lipinski definition) is 8. The van der Waals surface area contributed by atoms with Gasteiger partial charge >= 0.3 is 0 Å². The van der Waals surface area contributed by atoms with Gasteiger partial charge in [0.2, 0.25) is 0 Å². The highest BCUT2D eigenvalue weighted by molar-refractivity contribution is 7.93. The van der Waals surface area contributed by atoms with Crippen molar-refractivity contribution in [2.75, 3.05) is 24.4 Å². The van der Waals surface area contributed by atoms with Crippen LogP contribution in [0.3, 0.4) is 0 Å². The Bertz CT molecular complexity index is 1310. The molecule has 3 rings (SSSR count). The Balaban J connectivity index is 1.93. The van der Waals surface area contributed by atoms with Crippen LogP contribution in [-0.4, -0.2) is 33.8 Å². The molecule has 3 aromatic rings.